The number of ether oxygens (including phenoxy) is 1. The summed E-state index contributed by atoms with van der Waals surface area (Å²) < 4.78 is 30.9. The summed E-state index contributed by atoms with van der Waals surface area (Å²) in [4.78, 5) is 16.7. The van der Waals surface area contributed by atoms with Crippen molar-refractivity contribution in [2.24, 2.45) is 0 Å². The number of piperazine rings is 1. The maximum atomic E-state index is 12.5. The fraction of sp³-hybridized carbons (Fsp3) is 0.269. The number of halogens is 1. The molecule has 1 heterocycles. The highest BCUT2D eigenvalue weighted by molar-refractivity contribution is 7.92. The van der Waals surface area contributed by atoms with Gasteiger partial charge in [0, 0.05) is 45.0 Å². The third-order valence-electron chi connectivity index (χ3n) is 5.67. The van der Waals surface area contributed by atoms with E-state index in [0.29, 0.717) is 36.8 Å². The average molecular weight is 531 g/mol. The van der Waals surface area contributed by atoms with Crippen molar-refractivity contribution in [1.29, 1.82) is 0 Å². The lowest BCUT2D eigenvalue weighted by atomic mass is 10.2. The van der Waals surface area contributed by atoms with E-state index in [1.807, 2.05) is 59.5 Å². The van der Waals surface area contributed by atoms with Crippen LogP contribution in [0.25, 0.3) is 0 Å². The van der Waals surface area contributed by atoms with Crippen LogP contribution < -0.4 is 14.8 Å². The first kappa shape index (κ1) is 27.3. The third kappa shape index (κ3) is 8.44. The van der Waals surface area contributed by atoms with Crippen molar-refractivity contribution in [2.45, 2.75) is 13.1 Å². The number of rotatable bonds is 8. The number of nitrogens with zero attached hydrogens (tertiary/aromatic N) is 2. The molecule has 3 aromatic rings. The number of benzene rings is 3. The summed E-state index contributed by atoms with van der Waals surface area (Å²) in [6.45, 7) is 4.40. The second-order valence-corrected chi connectivity index (χ2v) is 10.3. The lowest BCUT2D eigenvalue weighted by Crippen LogP contribution is -2.51. The van der Waals surface area contributed by atoms with E-state index in [0.717, 1.165) is 31.5 Å². The Bertz CT molecular complexity index is 1220. The van der Waals surface area contributed by atoms with Gasteiger partial charge in [-0.1, -0.05) is 42.5 Å². The Morgan fingerprint density at radius 1 is 0.833 bits per heavy atom. The minimum atomic E-state index is -3.30. The molecule has 0 spiro atoms. The molecule has 0 atom stereocenters. The molecule has 192 valence electrons. The molecule has 1 fully saturated rings. The van der Waals surface area contributed by atoms with E-state index in [-0.39, 0.29) is 18.4 Å². The SMILES string of the molecule is CS(=O)(=O)Nc1ccc(Oc2ccc(CN3CCN(C(=O)NCc4ccccc4)CC3)cc2)cc1.Cl. The maximum Gasteiger partial charge on any atom is 0.317 e. The molecule has 1 aliphatic heterocycles. The Kier molecular flexibility index (Phi) is 9.58. The second-order valence-electron chi connectivity index (χ2n) is 8.55. The molecule has 2 amide bonds. The Morgan fingerprint density at radius 3 is 2.00 bits per heavy atom. The van der Waals surface area contributed by atoms with Crippen LogP contribution in [0.4, 0.5) is 10.5 Å². The summed E-state index contributed by atoms with van der Waals surface area (Å²) in [5, 5.41) is 3.00. The molecule has 0 radical (unpaired) electrons. The quantitative estimate of drug-likeness (QED) is 0.453. The van der Waals surface area contributed by atoms with Crippen molar-refractivity contribution in [2.75, 3.05) is 37.2 Å². The molecule has 2 N–H and O–H groups in total. The standard InChI is InChI=1S/C26H30N4O4S.ClH/c1-35(32,33)28-23-9-13-25(14-10-23)34-24-11-7-22(8-12-24)20-29-15-17-30(18-16-29)26(31)27-19-21-5-3-2-4-6-21;/h2-14,28H,15-20H2,1H3,(H,27,31);1H. The van der Waals surface area contributed by atoms with Crippen LogP contribution in [0.3, 0.4) is 0 Å². The zero-order valence-corrected chi connectivity index (χ0v) is 21.7. The number of hydrogen-bond acceptors (Lipinski definition) is 5. The van der Waals surface area contributed by atoms with Crippen LogP contribution in [-0.2, 0) is 23.1 Å². The zero-order chi connectivity index (χ0) is 24.7. The molecule has 8 nitrogen and oxygen atoms in total. The first-order valence-corrected chi connectivity index (χ1v) is 13.4. The fourth-order valence-electron chi connectivity index (χ4n) is 3.86. The lowest BCUT2D eigenvalue weighted by molar-refractivity contribution is 0.135. The van der Waals surface area contributed by atoms with Crippen molar-refractivity contribution >= 4 is 34.1 Å². The second kappa shape index (κ2) is 12.6. The van der Waals surface area contributed by atoms with E-state index in [9.17, 15) is 13.2 Å². The van der Waals surface area contributed by atoms with Crippen LogP contribution in [-0.4, -0.2) is 56.7 Å². The van der Waals surface area contributed by atoms with Gasteiger partial charge < -0.3 is 15.0 Å². The Hall–Kier alpha value is -3.27. The van der Waals surface area contributed by atoms with E-state index < -0.39 is 10.0 Å². The number of hydrogen-bond donors (Lipinski definition) is 2. The number of nitrogens with one attached hydrogen (secondary N) is 2. The van der Waals surface area contributed by atoms with Crippen LogP contribution >= 0.6 is 12.4 Å². The average Bonchev–Trinajstić information content (AvgIpc) is 2.85. The minimum absolute atomic E-state index is 0. The van der Waals surface area contributed by atoms with E-state index in [1.165, 1.54) is 5.56 Å². The molecule has 0 saturated carbocycles. The number of anilines is 1. The van der Waals surface area contributed by atoms with Gasteiger partial charge in [0.1, 0.15) is 11.5 Å². The summed E-state index contributed by atoms with van der Waals surface area (Å²) in [5.41, 5.74) is 2.75. The Labute approximate surface area is 218 Å². The first-order chi connectivity index (χ1) is 16.8. The van der Waals surface area contributed by atoms with E-state index >= 15 is 0 Å². The van der Waals surface area contributed by atoms with Crippen molar-refractivity contribution in [1.82, 2.24) is 15.1 Å². The van der Waals surface area contributed by atoms with Gasteiger partial charge in [0.2, 0.25) is 10.0 Å². The number of amides is 2. The molecule has 3 aromatic carbocycles. The Morgan fingerprint density at radius 2 is 1.42 bits per heavy atom. The van der Waals surface area contributed by atoms with E-state index in [1.54, 1.807) is 24.3 Å². The molecule has 1 aliphatic rings. The number of sulfonamides is 1. The first-order valence-electron chi connectivity index (χ1n) is 11.5. The van der Waals surface area contributed by atoms with Crippen LogP contribution in [0.5, 0.6) is 11.5 Å². The third-order valence-corrected chi connectivity index (χ3v) is 6.28. The van der Waals surface area contributed by atoms with Crippen molar-refractivity contribution < 1.29 is 17.9 Å². The normalized spacial score (nSPS) is 14.0. The molecule has 10 heteroatoms. The van der Waals surface area contributed by atoms with Gasteiger partial charge in [-0.25, -0.2) is 13.2 Å². The van der Waals surface area contributed by atoms with Gasteiger partial charge in [-0.05, 0) is 47.5 Å². The summed E-state index contributed by atoms with van der Waals surface area (Å²) >= 11 is 0. The molecule has 0 aliphatic carbocycles. The summed E-state index contributed by atoms with van der Waals surface area (Å²) in [6, 6.07) is 24.6. The largest absolute Gasteiger partial charge is 0.457 e. The summed E-state index contributed by atoms with van der Waals surface area (Å²) in [5.74, 6) is 1.33. The molecular weight excluding hydrogens is 500 g/mol. The van der Waals surface area contributed by atoms with Crippen LogP contribution in [0.1, 0.15) is 11.1 Å². The summed E-state index contributed by atoms with van der Waals surface area (Å²) in [6.07, 6.45) is 1.11. The van der Waals surface area contributed by atoms with Crippen LogP contribution in [0.2, 0.25) is 0 Å². The molecule has 0 bridgehead atoms. The highest BCUT2D eigenvalue weighted by atomic mass is 35.5. The smallest absolute Gasteiger partial charge is 0.317 e. The zero-order valence-electron chi connectivity index (χ0n) is 20.1. The Balaban J connectivity index is 0.00000361. The number of carbonyl (C=O) groups is 1. The fourth-order valence-corrected chi connectivity index (χ4v) is 4.42. The van der Waals surface area contributed by atoms with Gasteiger partial charge in [-0.3, -0.25) is 9.62 Å². The highest BCUT2D eigenvalue weighted by Crippen LogP contribution is 2.24. The predicted octanol–water partition coefficient (Wildman–Crippen LogP) is 4.30. The van der Waals surface area contributed by atoms with Crippen molar-refractivity contribution in [3.8, 4) is 11.5 Å². The lowest BCUT2D eigenvalue weighted by Gasteiger charge is -2.34. The highest BCUT2D eigenvalue weighted by Gasteiger charge is 2.21. The molecule has 0 unspecified atom stereocenters. The number of urea groups is 1. The van der Waals surface area contributed by atoms with Crippen molar-refractivity contribution in [3.63, 3.8) is 0 Å². The van der Waals surface area contributed by atoms with Gasteiger partial charge in [0.05, 0.1) is 6.26 Å². The van der Waals surface area contributed by atoms with Gasteiger partial charge >= 0.3 is 6.03 Å². The molecule has 4 rings (SSSR count). The topological polar surface area (TPSA) is 91.0 Å². The maximum absolute atomic E-state index is 12.5. The molecular formula is C26H31ClN4O4S. The van der Waals surface area contributed by atoms with E-state index in [2.05, 4.69) is 14.9 Å². The predicted molar refractivity (Wildman–Crippen MR) is 144 cm³/mol. The molecule has 0 aromatic heterocycles. The van der Waals surface area contributed by atoms with Crippen LogP contribution in [0, 0.1) is 0 Å². The summed E-state index contributed by atoms with van der Waals surface area (Å²) in [7, 11) is -3.30. The van der Waals surface area contributed by atoms with Gasteiger partial charge in [0.15, 0.2) is 0 Å². The molecule has 36 heavy (non-hydrogen) atoms. The van der Waals surface area contributed by atoms with Crippen LogP contribution in [0.15, 0.2) is 78.9 Å². The minimum Gasteiger partial charge on any atom is -0.457 e. The van der Waals surface area contributed by atoms with Gasteiger partial charge in [-0.15, -0.1) is 12.4 Å². The van der Waals surface area contributed by atoms with Gasteiger partial charge in [-0.2, -0.15) is 0 Å². The monoisotopic (exact) mass is 530 g/mol. The molecule has 1 saturated heterocycles. The number of carbonyl (C=O) groups excluding carboxylic acids is 1. The van der Waals surface area contributed by atoms with Gasteiger partial charge in [0.25, 0.3) is 0 Å². The van der Waals surface area contributed by atoms with E-state index in [4.69, 9.17) is 4.74 Å². The van der Waals surface area contributed by atoms with Crippen molar-refractivity contribution in [3.05, 3.63) is 90.0 Å².